The predicted octanol–water partition coefficient (Wildman–Crippen LogP) is 1.54. The molecule has 1 aromatic rings. The van der Waals surface area contributed by atoms with E-state index in [4.69, 9.17) is 0 Å². The van der Waals surface area contributed by atoms with Crippen molar-refractivity contribution in [3.05, 3.63) is 12.3 Å². The first-order valence-corrected chi connectivity index (χ1v) is 4.12. The first-order chi connectivity index (χ1) is 5.83. The van der Waals surface area contributed by atoms with Crippen molar-refractivity contribution in [1.29, 1.82) is 0 Å². The number of amides is 1. The van der Waals surface area contributed by atoms with E-state index in [1.165, 1.54) is 0 Å². The zero-order chi connectivity index (χ0) is 8.81. The summed E-state index contributed by atoms with van der Waals surface area (Å²) in [5.74, 6) is 0.706. The maximum Gasteiger partial charge on any atom is 0.225 e. The van der Waals surface area contributed by atoms with Crippen molar-refractivity contribution in [1.82, 2.24) is 10.2 Å². The largest absolute Gasteiger partial charge is 0.311 e. The Morgan fingerprint density at radius 1 is 1.75 bits per heavy atom. The van der Waals surface area contributed by atoms with Gasteiger partial charge in [-0.25, -0.2) is 0 Å². The number of rotatable bonds is 4. The van der Waals surface area contributed by atoms with Gasteiger partial charge >= 0.3 is 0 Å². The molecule has 0 spiro atoms. The smallest absolute Gasteiger partial charge is 0.225 e. The molecule has 0 aliphatic rings. The number of aromatic nitrogens is 2. The molecular weight excluding hydrogens is 154 g/mol. The van der Waals surface area contributed by atoms with Gasteiger partial charge in [-0.1, -0.05) is 13.3 Å². The molecule has 0 radical (unpaired) electrons. The van der Waals surface area contributed by atoms with E-state index in [1.54, 1.807) is 12.3 Å². The van der Waals surface area contributed by atoms with Gasteiger partial charge in [0.15, 0.2) is 0 Å². The fourth-order valence-corrected chi connectivity index (χ4v) is 0.876. The van der Waals surface area contributed by atoms with Gasteiger partial charge in [0.1, 0.15) is 5.82 Å². The number of aromatic amines is 1. The highest BCUT2D eigenvalue weighted by Gasteiger charge is 2.00. The third-order valence-corrected chi connectivity index (χ3v) is 1.53. The number of unbranched alkanes of at least 4 members (excludes halogenated alkanes) is 1. The van der Waals surface area contributed by atoms with Crippen molar-refractivity contribution in [3.8, 4) is 0 Å². The third kappa shape index (κ3) is 2.74. The summed E-state index contributed by atoms with van der Waals surface area (Å²) in [7, 11) is 0. The Labute approximate surface area is 71.4 Å². The number of anilines is 1. The van der Waals surface area contributed by atoms with Gasteiger partial charge in [-0.3, -0.25) is 9.89 Å². The van der Waals surface area contributed by atoms with Gasteiger partial charge in [-0.05, 0) is 6.42 Å². The van der Waals surface area contributed by atoms with Crippen LogP contribution in [0.4, 0.5) is 5.82 Å². The number of nitrogens with zero attached hydrogens (tertiary/aromatic N) is 1. The Kier molecular flexibility index (Phi) is 3.32. The molecule has 0 fully saturated rings. The molecule has 0 saturated heterocycles. The number of H-pyrrole nitrogens is 1. The lowest BCUT2D eigenvalue weighted by atomic mass is 10.2. The minimum absolute atomic E-state index is 0.0427. The molecule has 12 heavy (non-hydrogen) atoms. The van der Waals surface area contributed by atoms with Crippen molar-refractivity contribution in [3.63, 3.8) is 0 Å². The fourth-order valence-electron chi connectivity index (χ4n) is 0.876. The lowest BCUT2D eigenvalue weighted by Gasteiger charge is -1.99. The molecule has 1 rings (SSSR count). The van der Waals surface area contributed by atoms with Crippen molar-refractivity contribution < 1.29 is 4.79 Å². The zero-order valence-electron chi connectivity index (χ0n) is 7.13. The summed E-state index contributed by atoms with van der Waals surface area (Å²) in [4.78, 5) is 11.1. The quantitative estimate of drug-likeness (QED) is 0.714. The van der Waals surface area contributed by atoms with Crippen LogP contribution in [-0.4, -0.2) is 16.1 Å². The maximum atomic E-state index is 11.1. The Bertz CT molecular complexity index is 230. The van der Waals surface area contributed by atoms with Crippen LogP contribution in [0.1, 0.15) is 26.2 Å². The summed E-state index contributed by atoms with van der Waals surface area (Å²) in [5.41, 5.74) is 0. The molecule has 1 heterocycles. The molecule has 0 unspecified atom stereocenters. The van der Waals surface area contributed by atoms with Gasteiger partial charge in [0.2, 0.25) is 5.91 Å². The molecule has 0 bridgehead atoms. The minimum Gasteiger partial charge on any atom is -0.311 e. The lowest BCUT2D eigenvalue weighted by Crippen LogP contribution is -2.11. The van der Waals surface area contributed by atoms with Gasteiger partial charge in [0.05, 0.1) is 6.20 Å². The molecular formula is C8H13N3O. The van der Waals surface area contributed by atoms with Gasteiger partial charge < -0.3 is 5.32 Å². The lowest BCUT2D eigenvalue weighted by molar-refractivity contribution is -0.116. The van der Waals surface area contributed by atoms with Crippen LogP contribution in [0.2, 0.25) is 0 Å². The van der Waals surface area contributed by atoms with E-state index in [2.05, 4.69) is 22.4 Å². The second kappa shape index (κ2) is 4.54. The highest BCUT2D eigenvalue weighted by Crippen LogP contribution is 2.01. The topological polar surface area (TPSA) is 57.8 Å². The number of hydrogen-bond donors (Lipinski definition) is 2. The highest BCUT2D eigenvalue weighted by molar-refractivity contribution is 5.89. The van der Waals surface area contributed by atoms with Crippen molar-refractivity contribution in [2.45, 2.75) is 26.2 Å². The van der Waals surface area contributed by atoms with Crippen LogP contribution in [0.3, 0.4) is 0 Å². The van der Waals surface area contributed by atoms with Gasteiger partial charge in [-0.2, -0.15) is 5.10 Å². The van der Waals surface area contributed by atoms with E-state index >= 15 is 0 Å². The maximum absolute atomic E-state index is 11.1. The number of carbonyl (C=O) groups excluding carboxylic acids is 1. The Balaban J connectivity index is 2.27. The zero-order valence-corrected chi connectivity index (χ0v) is 7.13. The molecule has 1 amide bonds. The molecule has 66 valence electrons. The molecule has 2 N–H and O–H groups in total. The average molecular weight is 167 g/mol. The summed E-state index contributed by atoms with van der Waals surface area (Å²) >= 11 is 0. The van der Waals surface area contributed by atoms with Crippen LogP contribution in [0.5, 0.6) is 0 Å². The SMILES string of the molecule is CCCCC(=O)Nc1ccn[nH]1. The molecule has 4 heteroatoms. The molecule has 0 aromatic carbocycles. The van der Waals surface area contributed by atoms with Crippen molar-refractivity contribution in [2.75, 3.05) is 5.32 Å². The van der Waals surface area contributed by atoms with E-state index in [9.17, 15) is 4.79 Å². The standard InChI is InChI=1S/C8H13N3O/c1-2-3-4-8(12)10-7-5-6-9-11-7/h5-6H,2-4H2,1H3,(H2,9,10,11,12). The molecule has 0 atom stereocenters. The second-order valence-corrected chi connectivity index (χ2v) is 2.62. The average Bonchev–Trinajstić information content (AvgIpc) is 2.53. The normalized spacial score (nSPS) is 9.75. The number of hydrogen-bond acceptors (Lipinski definition) is 2. The van der Waals surface area contributed by atoms with E-state index in [1.807, 2.05) is 0 Å². The van der Waals surface area contributed by atoms with Crippen LogP contribution >= 0.6 is 0 Å². The summed E-state index contributed by atoms with van der Waals surface area (Å²) in [6, 6.07) is 1.73. The highest BCUT2D eigenvalue weighted by atomic mass is 16.1. The van der Waals surface area contributed by atoms with Gasteiger partial charge in [0.25, 0.3) is 0 Å². The summed E-state index contributed by atoms with van der Waals surface area (Å²) in [5, 5.41) is 9.08. The van der Waals surface area contributed by atoms with Crippen LogP contribution in [0, 0.1) is 0 Å². The van der Waals surface area contributed by atoms with Gasteiger partial charge in [-0.15, -0.1) is 0 Å². The van der Waals surface area contributed by atoms with E-state index < -0.39 is 0 Å². The predicted molar refractivity (Wildman–Crippen MR) is 46.7 cm³/mol. The molecule has 1 aromatic heterocycles. The second-order valence-electron chi connectivity index (χ2n) is 2.62. The van der Waals surface area contributed by atoms with Gasteiger partial charge in [0, 0.05) is 12.5 Å². The number of carbonyl (C=O) groups is 1. The van der Waals surface area contributed by atoms with E-state index in [0.29, 0.717) is 12.2 Å². The Morgan fingerprint density at radius 2 is 2.58 bits per heavy atom. The van der Waals surface area contributed by atoms with Crippen LogP contribution in [0.25, 0.3) is 0 Å². The minimum atomic E-state index is 0.0427. The number of nitrogens with one attached hydrogen (secondary N) is 2. The van der Waals surface area contributed by atoms with Crippen molar-refractivity contribution in [2.24, 2.45) is 0 Å². The third-order valence-electron chi connectivity index (χ3n) is 1.53. The first-order valence-electron chi connectivity index (χ1n) is 4.12. The van der Waals surface area contributed by atoms with E-state index in [0.717, 1.165) is 12.8 Å². The fraction of sp³-hybridized carbons (Fsp3) is 0.500. The first kappa shape index (κ1) is 8.77. The summed E-state index contributed by atoms with van der Waals surface area (Å²) in [6.45, 7) is 2.06. The summed E-state index contributed by atoms with van der Waals surface area (Å²) < 4.78 is 0. The van der Waals surface area contributed by atoms with Crippen LogP contribution in [-0.2, 0) is 4.79 Å². The van der Waals surface area contributed by atoms with Crippen LogP contribution in [0.15, 0.2) is 12.3 Å². The Hall–Kier alpha value is -1.32. The Morgan fingerprint density at radius 3 is 3.17 bits per heavy atom. The molecule has 0 aliphatic carbocycles. The molecule has 4 nitrogen and oxygen atoms in total. The monoisotopic (exact) mass is 167 g/mol. The molecule has 0 aliphatic heterocycles. The molecule has 0 saturated carbocycles. The van der Waals surface area contributed by atoms with Crippen molar-refractivity contribution >= 4 is 11.7 Å². The summed E-state index contributed by atoms with van der Waals surface area (Å²) in [6.07, 6.45) is 4.15. The van der Waals surface area contributed by atoms with Crippen LogP contribution < -0.4 is 5.32 Å². The van der Waals surface area contributed by atoms with E-state index in [-0.39, 0.29) is 5.91 Å².